The number of hydrogen-bond donors (Lipinski definition) is 1. The van der Waals surface area contributed by atoms with E-state index in [9.17, 15) is 4.79 Å². The SMILES string of the molecule is CCC(=CCN1CC(C)C(C)C1)C(=O)O. The molecule has 15 heavy (non-hydrogen) atoms. The number of hydrogen-bond acceptors (Lipinski definition) is 2. The van der Waals surface area contributed by atoms with Gasteiger partial charge in [0.2, 0.25) is 0 Å². The minimum absolute atomic E-state index is 0.530. The van der Waals surface area contributed by atoms with Crippen molar-refractivity contribution < 1.29 is 9.90 Å². The third-order valence-corrected chi connectivity index (χ3v) is 3.32. The van der Waals surface area contributed by atoms with Crippen LogP contribution in [0.15, 0.2) is 11.6 Å². The van der Waals surface area contributed by atoms with Crippen LogP contribution in [0.4, 0.5) is 0 Å². The first-order chi connectivity index (χ1) is 7.04. The Balaban J connectivity index is 2.46. The van der Waals surface area contributed by atoms with Gasteiger partial charge in [0.1, 0.15) is 0 Å². The van der Waals surface area contributed by atoms with Gasteiger partial charge in [-0.1, -0.05) is 26.8 Å². The summed E-state index contributed by atoms with van der Waals surface area (Å²) in [6, 6.07) is 0. The molecule has 1 saturated heterocycles. The highest BCUT2D eigenvalue weighted by Crippen LogP contribution is 2.21. The molecule has 1 aliphatic rings. The van der Waals surface area contributed by atoms with E-state index >= 15 is 0 Å². The van der Waals surface area contributed by atoms with Crippen LogP contribution in [0.25, 0.3) is 0 Å². The van der Waals surface area contributed by atoms with Gasteiger partial charge in [-0.25, -0.2) is 4.79 Å². The summed E-state index contributed by atoms with van der Waals surface area (Å²) in [6.07, 6.45) is 2.46. The van der Waals surface area contributed by atoms with E-state index in [1.54, 1.807) is 0 Å². The van der Waals surface area contributed by atoms with Crippen LogP contribution in [-0.2, 0) is 4.79 Å². The summed E-state index contributed by atoms with van der Waals surface area (Å²) < 4.78 is 0. The average molecular weight is 211 g/mol. The van der Waals surface area contributed by atoms with Gasteiger partial charge >= 0.3 is 5.97 Å². The standard InChI is InChI=1S/C12H21NO2/c1-4-11(12(14)15)5-6-13-7-9(2)10(3)8-13/h5,9-10H,4,6-8H2,1-3H3,(H,14,15). The highest BCUT2D eigenvalue weighted by Gasteiger charge is 2.25. The molecule has 0 aromatic carbocycles. The molecule has 1 aliphatic heterocycles. The molecular weight excluding hydrogens is 190 g/mol. The topological polar surface area (TPSA) is 40.5 Å². The van der Waals surface area contributed by atoms with Gasteiger partial charge in [-0.3, -0.25) is 4.90 Å². The lowest BCUT2D eigenvalue weighted by molar-refractivity contribution is -0.132. The van der Waals surface area contributed by atoms with Crippen LogP contribution in [0.5, 0.6) is 0 Å². The average Bonchev–Trinajstić information content (AvgIpc) is 2.47. The van der Waals surface area contributed by atoms with E-state index in [4.69, 9.17) is 5.11 Å². The third-order valence-electron chi connectivity index (χ3n) is 3.32. The summed E-state index contributed by atoms with van der Waals surface area (Å²) in [5.74, 6) is 0.680. The van der Waals surface area contributed by atoms with Crippen LogP contribution in [0, 0.1) is 11.8 Å². The fraction of sp³-hybridized carbons (Fsp3) is 0.750. The second-order valence-corrected chi connectivity index (χ2v) is 4.56. The van der Waals surface area contributed by atoms with Crippen molar-refractivity contribution in [1.29, 1.82) is 0 Å². The molecule has 1 fully saturated rings. The van der Waals surface area contributed by atoms with E-state index in [-0.39, 0.29) is 0 Å². The van der Waals surface area contributed by atoms with E-state index in [0.717, 1.165) is 31.5 Å². The van der Waals surface area contributed by atoms with Crippen molar-refractivity contribution in [2.45, 2.75) is 27.2 Å². The zero-order valence-corrected chi connectivity index (χ0v) is 9.86. The number of carboxylic acid groups (broad SMARTS) is 1. The quantitative estimate of drug-likeness (QED) is 0.723. The van der Waals surface area contributed by atoms with E-state index < -0.39 is 5.97 Å². The lowest BCUT2D eigenvalue weighted by atomic mass is 10.0. The number of carboxylic acids is 1. The first-order valence-electron chi connectivity index (χ1n) is 5.69. The molecule has 3 nitrogen and oxygen atoms in total. The molecule has 0 amide bonds. The lowest BCUT2D eigenvalue weighted by Gasteiger charge is -2.12. The van der Waals surface area contributed by atoms with Crippen LogP contribution in [-0.4, -0.2) is 35.6 Å². The molecule has 3 heteroatoms. The van der Waals surface area contributed by atoms with Crippen molar-refractivity contribution in [2.75, 3.05) is 19.6 Å². The molecule has 0 radical (unpaired) electrons. The van der Waals surface area contributed by atoms with Crippen molar-refractivity contribution in [3.05, 3.63) is 11.6 Å². The van der Waals surface area contributed by atoms with Gasteiger partial charge in [-0.05, 0) is 18.3 Å². The second-order valence-electron chi connectivity index (χ2n) is 4.56. The normalized spacial score (nSPS) is 28.3. The molecule has 1 heterocycles. The summed E-state index contributed by atoms with van der Waals surface area (Å²) in [5, 5.41) is 8.86. The van der Waals surface area contributed by atoms with Crippen LogP contribution in [0.3, 0.4) is 0 Å². The number of carbonyl (C=O) groups is 1. The number of nitrogens with zero attached hydrogens (tertiary/aromatic N) is 1. The van der Waals surface area contributed by atoms with E-state index in [0.29, 0.717) is 12.0 Å². The summed E-state index contributed by atoms with van der Waals surface area (Å²) >= 11 is 0. The molecule has 0 aromatic heterocycles. The van der Waals surface area contributed by atoms with Crippen molar-refractivity contribution in [2.24, 2.45) is 11.8 Å². The molecule has 2 unspecified atom stereocenters. The number of likely N-dealkylation sites (tertiary alicyclic amines) is 1. The van der Waals surface area contributed by atoms with Crippen LogP contribution in [0.2, 0.25) is 0 Å². The summed E-state index contributed by atoms with van der Waals surface area (Å²) in [7, 11) is 0. The molecule has 86 valence electrons. The molecule has 1 N–H and O–H groups in total. The maximum Gasteiger partial charge on any atom is 0.331 e. The van der Waals surface area contributed by atoms with Gasteiger partial charge in [-0.15, -0.1) is 0 Å². The highest BCUT2D eigenvalue weighted by atomic mass is 16.4. The predicted molar refractivity (Wildman–Crippen MR) is 60.8 cm³/mol. The fourth-order valence-corrected chi connectivity index (χ4v) is 2.02. The first-order valence-corrected chi connectivity index (χ1v) is 5.69. The number of rotatable bonds is 4. The summed E-state index contributed by atoms with van der Waals surface area (Å²) in [6.45, 7) is 9.36. The summed E-state index contributed by atoms with van der Waals surface area (Å²) in [5.41, 5.74) is 0.530. The molecule has 2 atom stereocenters. The summed E-state index contributed by atoms with van der Waals surface area (Å²) in [4.78, 5) is 13.1. The fourth-order valence-electron chi connectivity index (χ4n) is 2.02. The Bertz CT molecular complexity index is 250. The van der Waals surface area contributed by atoms with Gasteiger partial charge in [0.25, 0.3) is 0 Å². The van der Waals surface area contributed by atoms with Gasteiger partial charge < -0.3 is 5.11 Å². The van der Waals surface area contributed by atoms with Gasteiger partial charge in [0.05, 0.1) is 0 Å². The predicted octanol–water partition coefficient (Wildman–Crippen LogP) is 2.00. The lowest BCUT2D eigenvalue weighted by Crippen LogP contribution is -2.21. The molecular formula is C12H21NO2. The maximum absolute atomic E-state index is 10.8. The van der Waals surface area contributed by atoms with Gasteiger partial charge in [0.15, 0.2) is 0 Å². The maximum atomic E-state index is 10.8. The Morgan fingerprint density at radius 3 is 2.33 bits per heavy atom. The van der Waals surface area contributed by atoms with E-state index in [1.807, 2.05) is 13.0 Å². The molecule has 0 saturated carbocycles. The second kappa shape index (κ2) is 5.31. The Labute approximate surface area is 91.8 Å². The minimum Gasteiger partial charge on any atom is -0.478 e. The van der Waals surface area contributed by atoms with Crippen molar-refractivity contribution in [3.8, 4) is 0 Å². The Morgan fingerprint density at radius 2 is 1.93 bits per heavy atom. The van der Waals surface area contributed by atoms with Crippen LogP contribution >= 0.6 is 0 Å². The molecule has 0 aromatic rings. The highest BCUT2D eigenvalue weighted by molar-refractivity contribution is 5.86. The van der Waals surface area contributed by atoms with Crippen molar-refractivity contribution >= 4 is 5.97 Å². The Morgan fingerprint density at radius 1 is 1.40 bits per heavy atom. The minimum atomic E-state index is -0.780. The molecule has 0 spiro atoms. The third kappa shape index (κ3) is 3.34. The molecule has 0 bridgehead atoms. The zero-order valence-electron chi connectivity index (χ0n) is 9.86. The van der Waals surface area contributed by atoms with E-state index in [2.05, 4.69) is 18.7 Å². The van der Waals surface area contributed by atoms with Crippen LogP contribution < -0.4 is 0 Å². The number of aliphatic carboxylic acids is 1. The largest absolute Gasteiger partial charge is 0.478 e. The smallest absolute Gasteiger partial charge is 0.331 e. The van der Waals surface area contributed by atoms with Crippen molar-refractivity contribution in [1.82, 2.24) is 4.90 Å². The van der Waals surface area contributed by atoms with Crippen molar-refractivity contribution in [3.63, 3.8) is 0 Å². The van der Waals surface area contributed by atoms with E-state index in [1.165, 1.54) is 0 Å². The Hall–Kier alpha value is -0.830. The zero-order chi connectivity index (χ0) is 11.4. The monoisotopic (exact) mass is 211 g/mol. The molecule has 1 rings (SSSR count). The Kier molecular flexibility index (Phi) is 4.33. The van der Waals surface area contributed by atoms with Gasteiger partial charge in [0, 0.05) is 25.2 Å². The van der Waals surface area contributed by atoms with Crippen LogP contribution in [0.1, 0.15) is 27.2 Å². The first kappa shape index (κ1) is 12.2. The molecule has 0 aliphatic carbocycles. The van der Waals surface area contributed by atoms with Gasteiger partial charge in [-0.2, -0.15) is 0 Å².